The third kappa shape index (κ3) is 14.5. The van der Waals surface area contributed by atoms with Crippen LogP contribution < -0.4 is 0 Å². The third-order valence-electron chi connectivity index (χ3n) is 24.2. The second-order valence-corrected chi connectivity index (χ2v) is 32.2. The monoisotopic (exact) mass is 1630 g/mol. The molecule has 6 heterocycles. The van der Waals surface area contributed by atoms with E-state index in [0.717, 1.165) is 212 Å². The van der Waals surface area contributed by atoms with Gasteiger partial charge < -0.3 is 9.13 Å². The van der Waals surface area contributed by atoms with E-state index >= 15 is 0 Å². The first-order valence-corrected chi connectivity index (χ1v) is 43.1. The molecule has 0 N–H and O–H groups in total. The van der Waals surface area contributed by atoms with Gasteiger partial charge in [-0.1, -0.05) is 358 Å². The summed E-state index contributed by atoms with van der Waals surface area (Å²) < 4.78 is 4.82. The number of benzene rings is 17. The van der Waals surface area contributed by atoms with E-state index in [1.54, 1.807) is 0 Å². The van der Waals surface area contributed by atoms with E-state index in [2.05, 4.69) is 391 Å². The Morgan fingerprint density at radius 2 is 0.352 bits per heavy atom. The molecule has 10 heteroatoms. The highest BCUT2D eigenvalue weighted by atomic mass is 15.0. The summed E-state index contributed by atoms with van der Waals surface area (Å²) in [6, 6.07) is 162. The Labute approximate surface area is 740 Å². The molecular weight excluding hydrogens is 1560 g/mol. The van der Waals surface area contributed by atoms with Gasteiger partial charge in [0.15, 0.2) is 23.3 Å². The second-order valence-electron chi connectivity index (χ2n) is 32.2. The zero-order valence-corrected chi connectivity index (χ0v) is 69.4. The summed E-state index contributed by atoms with van der Waals surface area (Å²) in [7, 11) is 0. The van der Waals surface area contributed by atoms with Crippen LogP contribution in [0.3, 0.4) is 0 Å². The molecular formula is C118H76N10. The van der Waals surface area contributed by atoms with Crippen molar-refractivity contribution in [3.05, 3.63) is 461 Å². The fraction of sp³-hybridized carbons (Fsp3) is 0. The van der Waals surface area contributed by atoms with Crippen LogP contribution in [0.4, 0.5) is 0 Å². The van der Waals surface area contributed by atoms with E-state index in [1.165, 1.54) is 0 Å². The molecule has 6 aromatic heterocycles. The summed E-state index contributed by atoms with van der Waals surface area (Å²) in [6.07, 6.45) is 0. The van der Waals surface area contributed by atoms with E-state index in [1.807, 2.05) is 78.9 Å². The molecule has 17 aromatic carbocycles. The lowest BCUT2D eigenvalue weighted by molar-refractivity contribution is 1.15. The van der Waals surface area contributed by atoms with Gasteiger partial charge in [0, 0.05) is 88.3 Å². The molecule has 23 aromatic rings. The minimum absolute atomic E-state index is 0.589. The van der Waals surface area contributed by atoms with Crippen LogP contribution in [0.25, 0.3) is 235 Å². The van der Waals surface area contributed by atoms with Crippen molar-refractivity contribution in [2.24, 2.45) is 0 Å². The van der Waals surface area contributed by atoms with Gasteiger partial charge in [-0.2, -0.15) is 0 Å². The predicted molar refractivity (Wildman–Crippen MR) is 524 cm³/mol. The van der Waals surface area contributed by atoms with Crippen molar-refractivity contribution in [3.8, 4) is 191 Å². The van der Waals surface area contributed by atoms with Gasteiger partial charge in [0.25, 0.3) is 0 Å². The number of hydrogen-bond acceptors (Lipinski definition) is 8. The summed E-state index contributed by atoms with van der Waals surface area (Å²) >= 11 is 0. The van der Waals surface area contributed by atoms with E-state index < -0.39 is 0 Å². The zero-order valence-electron chi connectivity index (χ0n) is 69.4. The van der Waals surface area contributed by atoms with Crippen LogP contribution in [0.15, 0.2) is 461 Å². The molecule has 128 heavy (non-hydrogen) atoms. The minimum atomic E-state index is 0.589. The first-order valence-electron chi connectivity index (χ1n) is 43.1. The van der Waals surface area contributed by atoms with Gasteiger partial charge in [-0.15, -0.1) is 0 Å². The maximum atomic E-state index is 5.65. The Balaban J connectivity index is 0.653. The van der Waals surface area contributed by atoms with Crippen LogP contribution >= 0.6 is 0 Å². The Hall–Kier alpha value is -17.3. The quantitative estimate of drug-likeness (QED) is 0.0835. The standard InChI is InChI=1S/C118H76N10/c1-10-32-77(33-11-1)89-56-61-111-97(68-89)98-69-90(78-34-12-2-13-35-78)57-62-112(98)128(111)114-65-60-93(72-100(114)108-76-104(82-42-20-6-21-43-82)121-117(126-108)85-48-26-9-27-49-85)106-74-102(80-38-16-4-17-39-80)122-118(124-106)94-53-31-52-88(67-94)86-50-30-51-87(66-86)91-58-63-110-96(70-91)95-54-28-29-55-109(95)127(110)113-64-59-92(105-73-101(79-36-14-3-15-37-79)119-115(123-105)83-44-22-7-23-45-83)71-99(113)107-75-103(81-40-18-5-19-41-81)120-116(125-107)84-46-24-8-25-47-84/h1-76H. The second kappa shape index (κ2) is 32.8. The number of para-hydroxylation sites is 1. The van der Waals surface area contributed by atoms with E-state index in [0.29, 0.717) is 23.3 Å². The first kappa shape index (κ1) is 75.6. The molecule has 23 rings (SSSR count). The third-order valence-corrected chi connectivity index (χ3v) is 24.2. The van der Waals surface area contributed by atoms with Crippen LogP contribution in [0, 0.1) is 0 Å². The molecule has 0 amide bonds. The fourth-order valence-electron chi connectivity index (χ4n) is 17.9. The highest BCUT2D eigenvalue weighted by Gasteiger charge is 2.26. The molecule has 0 saturated heterocycles. The van der Waals surface area contributed by atoms with Crippen molar-refractivity contribution < 1.29 is 0 Å². The predicted octanol–water partition coefficient (Wildman–Crippen LogP) is 29.7. The molecule has 598 valence electrons. The highest BCUT2D eigenvalue weighted by Crippen LogP contribution is 2.46. The molecule has 10 nitrogen and oxygen atoms in total. The molecule has 0 fully saturated rings. The molecule has 0 spiro atoms. The van der Waals surface area contributed by atoms with Gasteiger partial charge in [0.2, 0.25) is 0 Å². The van der Waals surface area contributed by atoms with Gasteiger partial charge in [0.1, 0.15) is 0 Å². The van der Waals surface area contributed by atoms with E-state index in [4.69, 9.17) is 39.9 Å². The van der Waals surface area contributed by atoms with E-state index in [9.17, 15) is 0 Å². The smallest absolute Gasteiger partial charge is 0.160 e. The summed E-state index contributed by atoms with van der Waals surface area (Å²) in [6.45, 7) is 0. The van der Waals surface area contributed by atoms with Crippen molar-refractivity contribution in [2.75, 3.05) is 0 Å². The largest absolute Gasteiger partial charge is 0.309 e. The topological polar surface area (TPSA) is 113 Å². The summed E-state index contributed by atoms with van der Waals surface area (Å²) in [5, 5.41) is 4.49. The Kier molecular flexibility index (Phi) is 19.4. The number of hydrogen-bond donors (Lipinski definition) is 0. The normalized spacial score (nSPS) is 11.4. The number of rotatable bonds is 18. The maximum Gasteiger partial charge on any atom is 0.160 e. The Morgan fingerprint density at radius 3 is 0.703 bits per heavy atom. The molecule has 0 unspecified atom stereocenters. The molecule has 0 saturated carbocycles. The highest BCUT2D eigenvalue weighted by molar-refractivity contribution is 6.13. The Bertz CT molecular complexity index is 7860. The maximum absolute atomic E-state index is 5.65. The van der Waals surface area contributed by atoms with Crippen LogP contribution in [0.5, 0.6) is 0 Å². The van der Waals surface area contributed by atoms with Crippen molar-refractivity contribution in [1.29, 1.82) is 0 Å². The lowest BCUT2D eigenvalue weighted by Gasteiger charge is -2.17. The van der Waals surface area contributed by atoms with Gasteiger partial charge in [-0.3, -0.25) is 0 Å². The van der Waals surface area contributed by atoms with Crippen molar-refractivity contribution in [1.82, 2.24) is 49.0 Å². The molecule has 0 aliphatic rings. The summed E-state index contributed by atoms with van der Waals surface area (Å²) in [5.74, 6) is 2.47. The van der Waals surface area contributed by atoms with Crippen LogP contribution in [0.1, 0.15) is 0 Å². The van der Waals surface area contributed by atoms with E-state index in [-0.39, 0.29) is 0 Å². The first-order chi connectivity index (χ1) is 63.4. The fourth-order valence-corrected chi connectivity index (χ4v) is 17.9. The minimum Gasteiger partial charge on any atom is -0.309 e. The van der Waals surface area contributed by atoms with Crippen molar-refractivity contribution in [3.63, 3.8) is 0 Å². The average Bonchev–Trinajstić information content (AvgIpc) is 1.58. The van der Waals surface area contributed by atoms with Crippen LogP contribution in [-0.2, 0) is 0 Å². The molecule has 0 aliphatic carbocycles. The summed E-state index contributed by atoms with van der Waals surface area (Å²) in [5.41, 5.74) is 32.4. The van der Waals surface area contributed by atoms with Crippen molar-refractivity contribution >= 4 is 43.6 Å². The van der Waals surface area contributed by atoms with Gasteiger partial charge >= 0.3 is 0 Å². The zero-order chi connectivity index (χ0) is 84.8. The lowest BCUT2D eigenvalue weighted by atomic mass is 9.96. The van der Waals surface area contributed by atoms with Gasteiger partial charge in [-0.05, 0) is 148 Å². The van der Waals surface area contributed by atoms with Gasteiger partial charge in [-0.25, -0.2) is 39.9 Å². The number of fused-ring (bicyclic) bond motifs is 6. The summed E-state index contributed by atoms with van der Waals surface area (Å²) in [4.78, 5) is 43.4. The van der Waals surface area contributed by atoms with Crippen LogP contribution in [0.2, 0.25) is 0 Å². The molecule has 0 bridgehead atoms. The lowest BCUT2D eigenvalue weighted by Crippen LogP contribution is -2.02. The SMILES string of the molecule is c1ccc(-c2ccc3c(c2)c2cc(-c4ccccc4)ccc2n3-c2ccc(-c3cc(-c4ccccc4)nc(-c4cccc(-c5cccc(-c6ccc7c(c6)c6ccccc6n7-c6ccc(-c7cc(-c8ccccc8)nc(-c8ccccc8)n7)cc6-c6cc(-c7ccccc7)nc(-c7ccccc7)n6)c5)c4)n3)cc2-c2cc(-c3ccccc3)nc(-c3ccccc3)n2)cc1. The van der Waals surface area contributed by atoms with Crippen molar-refractivity contribution in [2.45, 2.75) is 0 Å². The number of aromatic nitrogens is 10. The molecule has 0 aliphatic heterocycles. The molecule has 0 atom stereocenters. The molecule has 0 radical (unpaired) electrons. The number of nitrogens with zero attached hydrogens (tertiary/aromatic N) is 10. The Morgan fingerprint density at radius 1 is 0.125 bits per heavy atom. The van der Waals surface area contributed by atoms with Crippen LogP contribution in [-0.4, -0.2) is 49.0 Å². The average molecular weight is 1630 g/mol. The van der Waals surface area contributed by atoms with Gasteiger partial charge in [0.05, 0.1) is 79.0 Å².